The van der Waals surface area contributed by atoms with Gasteiger partial charge in [0, 0.05) is 36.8 Å². The molecule has 0 unspecified atom stereocenters. The van der Waals surface area contributed by atoms with Gasteiger partial charge in [-0.05, 0) is 50.8 Å². The van der Waals surface area contributed by atoms with Crippen molar-refractivity contribution in [1.82, 2.24) is 9.62 Å². The largest absolute Gasteiger partial charge is 0.453 e. The van der Waals surface area contributed by atoms with Crippen LogP contribution < -0.4 is 5.32 Å². The summed E-state index contributed by atoms with van der Waals surface area (Å²) in [6.45, 7) is 3.00. The van der Waals surface area contributed by atoms with E-state index in [0.29, 0.717) is 11.4 Å². The molecule has 0 radical (unpaired) electrons. The number of Topliss-reactive ketones (excluding diaryl/α,β-unsaturated/α-hetero) is 1. The third-order valence-corrected chi connectivity index (χ3v) is 10.7. The topological polar surface area (TPSA) is 78.8 Å². The van der Waals surface area contributed by atoms with Crippen LogP contribution in [0.25, 0.3) is 0 Å². The predicted molar refractivity (Wildman–Crippen MR) is 139 cm³/mol. The number of halogens is 9. The normalized spacial score (nSPS) is 27.3. The molecule has 230 valence electrons. The van der Waals surface area contributed by atoms with Crippen LogP contribution in [-0.4, -0.2) is 65.7 Å². The summed E-state index contributed by atoms with van der Waals surface area (Å²) in [6.07, 6.45) is -11.4. The van der Waals surface area contributed by atoms with Crippen LogP contribution in [0.2, 0.25) is 10.0 Å². The standard InChI is InChI=1S/C25H28Cl2F7N3O3S/c1-21(2)19(17(38)5-7-24(30,31)25(32,33)34)35-20(36-21)22-11-23(12-22,13-22)37(41(39,40)8-6-18(28)29)10-14-3-4-15(26)16(27)9-14/h3-4,9,18-19H,5-8,10-13H2,1-2H3,(H,35,36)/t19-,22?,23?/m0/s1. The minimum absolute atomic E-state index is 0.140. The molecule has 6 nitrogen and oxygen atoms in total. The average molecular weight is 654 g/mol. The fourth-order valence-corrected chi connectivity index (χ4v) is 8.11. The fraction of sp³-hybridized carbons (Fsp3) is 0.680. The van der Waals surface area contributed by atoms with E-state index in [1.54, 1.807) is 19.9 Å². The molecule has 4 aliphatic rings. The van der Waals surface area contributed by atoms with Gasteiger partial charge in [0.2, 0.25) is 16.4 Å². The Hall–Kier alpha value is -1.64. The molecule has 1 aromatic carbocycles. The monoisotopic (exact) mass is 653 g/mol. The maximum Gasteiger partial charge on any atom is 0.453 e. The van der Waals surface area contributed by atoms with Crippen molar-refractivity contribution in [1.29, 1.82) is 0 Å². The second-order valence-corrected chi connectivity index (χ2v) is 14.5. The van der Waals surface area contributed by atoms with Crippen LogP contribution in [0.3, 0.4) is 0 Å². The Labute approximate surface area is 242 Å². The molecule has 1 aliphatic heterocycles. The van der Waals surface area contributed by atoms with Gasteiger partial charge < -0.3 is 5.32 Å². The minimum atomic E-state index is -5.77. The molecule has 0 aromatic heterocycles. The van der Waals surface area contributed by atoms with E-state index in [9.17, 15) is 43.9 Å². The van der Waals surface area contributed by atoms with Crippen LogP contribution in [0.15, 0.2) is 23.2 Å². The lowest BCUT2D eigenvalue weighted by Gasteiger charge is -2.73. The van der Waals surface area contributed by atoms with Crippen molar-refractivity contribution in [3.05, 3.63) is 33.8 Å². The summed E-state index contributed by atoms with van der Waals surface area (Å²) in [7, 11) is -4.15. The summed E-state index contributed by atoms with van der Waals surface area (Å²) in [5.41, 5.74) is -2.15. The number of carbonyl (C=O) groups is 1. The van der Waals surface area contributed by atoms with Crippen molar-refractivity contribution >= 4 is 44.8 Å². The lowest BCUT2D eigenvalue weighted by molar-refractivity contribution is -0.284. The molecule has 16 heteroatoms. The van der Waals surface area contributed by atoms with Crippen LogP contribution >= 0.6 is 23.2 Å². The quantitative estimate of drug-likeness (QED) is 0.265. The van der Waals surface area contributed by atoms with Crippen LogP contribution in [-0.2, 0) is 21.4 Å². The zero-order valence-electron chi connectivity index (χ0n) is 22.0. The van der Waals surface area contributed by atoms with Gasteiger partial charge in [-0.25, -0.2) is 17.2 Å². The first-order chi connectivity index (χ1) is 18.6. The Balaban J connectivity index is 1.51. The number of sulfonamides is 1. The molecule has 5 rings (SSSR count). The van der Waals surface area contributed by atoms with Crippen LogP contribution in [0.5, 0.6) is 0 Å². The summed E-state index contributed by atoms with van der Waals surface area (Å²) in [4.78, 5) is 17.1. The van der Waals surface area contributed by atoms with Crippen LogP contribution in [0, 0.1) is 5.41 Å². The van der Waals surface area contributed by atoms with Crippen molar-refractivity contribution in [2.24, 2.45) is 10.4 Å². The highest BCUT2D eigenvalue weighted by Crippen LogP contribution is 2.71. The van der Waals surface area contributed by atoms with Crippen molar-refractivity contribution in [2.75, 3.05) is 5.75 Å². The molecular formula is C25H28Cl2F7N3O3S. The Kier molecular flexibility index (Phi) is 8.28. The van der Waals surface area contributed by atoms with E-state index in [1.165, 1.54) is 16.4 Å². The third kappa shape index (κ3) is 6.08. The van der Waals surface area contributed by atoms with Gasteiger partial charge in [0.05, 0.1) is 21.3 Å². The van der Waals surface area contributed by atoms with Gasteiger partial charge in [0.15, 0.2) is 5.78 Å². The zero-order chi connectivity index (χ0) is 30.8. The number of benzene rings is 1. The van der Waals surface area contributed by atoms with Crippen LogP contribution in [0.4, 0.5) is 30.7 Å². The zero-order valence-corrected chi connectivity index (χ0v) is 24.3. The van der Waals surface area contributed by atoms with Crippen molar-refractivity contribution in [3.8, 4) is 0 Å². The summed E-state index contributed by atoms with van der Waals surface area (Å²) >= 11 is 12.0. The molecule has 3 aliphatic carbocycles. The van der Waals surface area contributed by atoms with E-state index in [4.69, 9.17) is 23.2 Å². The summed E-state index contributed by atoms with van der Waals surface area (Å²) in [6, 6.07) is 3.35. The molecule has 1 atom stereocenters. The first-order valence-electron chi connectivity index (χ1n) is 12.7. The Morgan fingerprint density at radius 2 is 1.73 bits per heavy atom. The van der Waals surface area contributed by atoms with Gasteiger partial charge >= 0.3 is 12.1 Å². The maximum atomic E-state index is 13.4. The van der Waals surface area contributed by atoms with E-state index in [1.807, 2.05) is 0 Å². The molecule has 0 spiro atoms. The maximum absolute atomic E-state index is 13.4. The molecule has 1 N–H and O–H groups in total. The molecule has 0 saturated heterocycles. The highest BCUT2D eigenvalue weighted by Gasteiger charge is 2.75. The fourth-order valence-electron chi connectivity index (χ4n) is 5.96. The molecule has 2 bridgehead atoms. The smallest absolute Gasteiger partial charge is 0.366 e. The number of hydrogen-bond acceptors (Lipinski definition) is 5. The van der Waals surface area contributed by atoms with Crippen LogP contribution in [0.1, 0.15) is 57.9 Å². The molecule has 1 heterocycles. The number of ketones is 1. The number of rotatable bonds is 12. The molecule has 3 saturated carbocycles. The van der Waals surface area contributed by atoms with Crippen molar-refractivity contribution in [2.45, 2.75) is 94.6 Å². The number of alkyl halides is 7. The van der Waals surface area contributed by atoms with E-state index in [-0.39, 0.29) is 35.9 Å². The number of hydrogen-bond donors (Lipinski definition) is 1. The van der Waals surface area contributed by atoms with Gasteiger partial charge in [0.1, 0.15) is 11.9 Å². The van der Waals surface area contributed by atoms with Gasteiger partial charge in [-0.3, -0.25) is 9.79 Å². The summed E-state index contributed by atoms with van der Waals surface area (Å²) < 4.78 is 118. The lowest BCUT2D eigenvalue weighted by atomic mass is 9.38. The summed E-state index contributed by atoms with van der Waals surface area (Å²) in [5, 5.41) is 3.54. The number of carbonyl (C=O) groups excluding carboxylic acids is 1. The van der Waals surface area contributed by atoms with Crippen molar-refractivity contribution in [3.63, 3.8) is 0 Å². The second-order valence-electron chi connectivity index (χ2n) is 11.7. The number of aliphatic imine (C=N–C) groups is 1. The number of amidine groups is 1. The highest BCUT2D eigenvalue weighted by molar-refractivity contribution is 7.89. The molecule has 1 aromatic rings. The van der Waals surface area contributed by atoms with E-state index < -0.39 is 81.9 Å². The number of nitrogens with zero attached hydrogens (tertiary/aromatic N) is 2. The predicted octanol–water partition coefficient (Wildman–Crippen LogP) is 6.40. The second kappa shape index (κ2) is 10.5. The Morgan fingerprint density at radius 3 is 2.27 bits per heavy atom. The Morgan fingerprint density at radius 1 is 1.12 bits per heavy atom. The highest BCUT2D eigenvalue weighted by atomic mass is 35.5. The Bertz CT molecular complexity index is 1330. The van der Waals surface area contributed by atoms with E-state index in [0.717, 1.165) is 0 Å². The average Bonchev–Trinajstić information content (AvgIpc) is 3.10. The van der Waals surface area contributed by atoms with Gasteiger partial charge in [-0.15, -0.1) is 0 Å². The lowest BCUT2D eigenvalue weighted by Crippen LogP contribution is -2.78. The SMILES string of the molecule is CC1(C)NC(C23CC(N(Cc4ccc(Cl)c(Cl)c4)S(=O)(=O)CCC(F)F)(C2)C3)=N[C@H]1C(=O)CCC(F)(F)C(F)(F)F. The van der Waals surface area contributed by atoms with Crippen molar-refractivity contribution < 1.29 is 43.9 Å². The van der Waals surface area contributed by atoms with E-state index in [2.05, 4.69) is 10.3 Å². The third-order valence-electron chi connectivity index (χ3n) is 8.06. The minimum Gasteiger partial charge on any atom is -0.366 e. The molecule has 3 fully saturated rings. The molecular weight excluding hydrogens is 626 g/mol. The van der Waals surface area contributed by atoms with Gasteiger partial charge in [0.25, 0.3) is 0 Å². The van der Waals surface area contributed by atoms with Gasteiger partial charge in [-0.2, -0.15) is 26.3 Å². The molecule has 41 heavy (non-hydrogen) atoms. The van der Waals surface area contributed by atoms with E-state index >= 15 is 0 Å². The first-order valence-corrected chi connectivity index (χ1v) is 15.1. The summed E-state index contributed by atoms with van der Waals surface area (Å²) in [5.74, 6) is -6.31. The first kappa shape index (κ1) is 32.3. The number of nitrogens with one attached hydrogen (secondary N) is 1. The molecule has 0 amide bonds. The van der Waals surface area contributed by atoms with Gasteiger partial charge in [-0.1, -0.05) is 29.3 Å².